The van der Waals surface area contributed by atoms with Gasteiger partial charge in [-0.3, -0.25) is 4.98 Å². The minimum Gasteiger partial charge on any atom is -0.256 e. The van der Waals surface area contributed by atoms with Crippen LogP contribution >= 0.6 is 0 Å². The van der Waals surface area contributed by atoms with Crippen LogP contribution in [0.1, 0.15) is 26.7 Å². The zero-order chi connectivity index (χ0) is 16.7. The van der Waals surface area contributed by atoms with Crippen LogP contribution in [0.2, 0.25) is 0 Å². The van der Waals surface area contributed by atoms with Crippen LogP contribution in [0, 0.1) is 0 Å². The summed E-state index contributed by atoms with van der Waals surface area (Å²) in [7, 11) is 0. The van der Waals surface area contributed by atoms with Crippen molar-refractivity contribution < 1.29 is 1.37 Å². The standard InChI is InChI=1S/C22H19N/c1-15(2)17-11-12-23-22(14-17)19-9-10-21-18(13-19)8-7-16-5-3-4-6-20(16)21/h3-15H,1-2H3/i15D. The summed E-state index contributed by atoms with van der Waals surface area (Å²) in [5.74, 6) is -0.620. The van der Waals surface area contributed by atoms with Gasteiger partial charge in [0, 0.05) is 13.1 Å². The van der Waals surface area contributed by atoms with Crippen molar-refractivity contribution in [3.63, 3.8) is 0 Å². The Bertz CT molecular complexity index is 1040. The van der Waals surface area contributed by atoms with Gasteiger partial charge in [-0.2, -0.15) is 0 Å². The fraction of sp³-hybridized carbons (Fsp3) is 0.136. The highest BCUT2D eigenvalue weighted by molar-refractivity contribution is 6.08. The fourth-order valence-corrected chi connectivity index (χ4v) is 3.07. The van der Waals surface area contributed by atoms with Gasteiger partial charge in [-0.15, -0.1) is 0 Å². The summed E-state index contributed by atoms with van der Waals surface area (Å²) in [5.41, 5.74) is 2.98. The average molecular weight is 298 g/mol. The minimum absolute atomic E-state index is 0.620. The number of nitrogens with zero attached hydrogens (tertiary/aromatic N) is 1. The third kappa shape index (κ3) is 2.49. The lowest BCUT2D eigenvalue weighted by molar-refractivity contribution is 0.864. The predicted octanol–water partition coefficient (Wildman–Crippen LogP) is 6.18. The van der Waals surface area contributed by atoms with Gasteiger partial charge >= 0.3 is 0 Å². The lowest BCUT2D eigenvalue weighted by Gasteiger charge is -2.09. The van der Waals surface area contributed by atoms with E-state index in [9.17, 15) is 0 Å². The maximum absolute atomic E-state index is 8.23. The first-order chi connectivity index (χ1) is 11.5. The molecule has 4 aromatic rings. The average Bonchev–Trinajstić information content (AvgIpc) is 2.60. The van der Waals surface area contributed by atoms with Crippen LogP contribution in [0.5, 0.6) is 0 Å². The van der Waals surface area contributed by atoms with E-state index in [0.29, 0.717) is 0 Å². The Hall–Kier alpha value is -2.67. The van der Waals surface area contributed by atoms with Gasteiger partial charge in [-0.05, 0) is 51.2 Å². The zero-order valence-corrected chi connectivity index (χ0v) is 13.4. The Morgan fingerprint density at radius 2 is 1.61 bits per heavy atom. The van der Waals surface area contributed by atoms with Gasteiger partial charge in [0.2, 0.25) is 0 Å². The molecule has 23 heavy (non-hydrogen) atoms. The van der Waals surface area contributed by atoms with E-state index in [0.717, 1.165) is 16.8 Å². The van der Waals surface area contributed by atoms with E-state index in [1.165, 1.54) is 21.5 Å². The van der Waals surface area contributed by atoms with Gasteiger partial charge in [0.1, 0.15) is 0 Å². The largest absolute Gasteiger partial charge is 0.256 e. The highest BCUT2D eigenvalue weighted by atomic mass is 14.7. The van der Waals surface area contributed by atoms with Crippen molar-refractivity contribution in [1.29, 1.82) is 0 Å². The van der Waals surface area contributed by atoms with E-state index in [1.807, 2.05) is 26.0 Å². The van der Waals surface area contributed by atoms with Crippen molar-refractivity contribution in [2.45, 2.75) is 19.7 Å². The normalized spacial score (nSPS) is 12.5. The van der Waals surface area contributed by atoms with E-state index in [4.69, 9.17) is 1.37 Å². The van der Waals surface area contributed by atoms with E-state index < -0.39 is 5.89 Å². The highest BCUT2D eigenvalue weighted by Gasteiger charge is 2.06. The molecule has 1 heteroatoms. The van der Waals surface area contributed by atoms with Crippen molar-refractivity contribution in [2.24, 2.45) is 0 Å². The molecule has 0 saturated heterocycles. The minimum atomic E-state index is -0.620. The van der Waals surface area contributed by atoms with Crippen LogP contribution < -0.4 is 0 Å². The Morgan fingerprint density at radius 3 is 2.48 bits per heavy atom. The molecule has 0 bridgehead atoms. The third-order valence-corrected chi connectivity index (χ3v) is 4.38. The lowest BCUT2D eigenvalue weighted by Crippen LogP contribution is -1.90. The van der Waals surface area contributed by atoms with Crippen LogP contribution in [0.25, 0.3) is 32.8 Å². The summed E-state index contributed by atoms with van der Waals surface area (Å²) in [5, 5.41) is 5.00. The van der Waals surface area contributed by atoms with Gasteiger partial charge in [0.15, 0.2) is 0 Å². The van der Waals surface area contributed by atoms with E-state index >= 15 is 0 Å². The molecule has 0 fully saturated rings. The second-order valence-electron chi connectivity index (χ2n) is 6.15. The number of hydrogen-bond acceptors (Lipinski definition) is 1. The molecule has 0 atom stereocenters. The molecule has 3 aromatic carbocycles. The van der Waals surface area contributed by atoms with Crippen LogP contribution in [0.4, 0.5) is 0 Å². The van der Waals surface area contributed by atoms with E-state index in [2.05, 4.69) is 59.6 Å². The number of rotatable bonds is 2. The maximum atomic E-state index is 8.23. The molecule has 0 N–H and O–H groups in total. The molecule has 0 amide bonds. The molecular formula is C22H19N. The van der Waals surface area contributed by atoms with E-state index in [1.54, 1.807) is 6.20 Å². The number of hydrogen-bond donors (Lipinski definition) is 0. The number of aromatic nitrogens is 1. The first-order valence-electron chi connectivity index (χ1n) is 8.41. The monoisotopic (exact) mass is 298 g/mol. The lowest BCUT2D eigenvalue weighted by atomic mass is 9.97. The van der Waals surface area contributed by atoms with Gasteiger partial charge in [-0.1, -0.05) is 62.4 Å². The summed E-state index contributed by atoms with van der Waals surface area (Å²) in [6.07, 6.45) is 1.80. The Morgan fingerprint density at radius 1 is 0.826 bits per heavy atom. The van der Waals surface area contributed by atoms with Crippen molar-refractivity contribution in [2.75, 3.05) is 0 Å². The van der Waals surface area contributed by atoms with Crippen LogP contribution in [0.3, 0.4) is 0 Å². The molecular weight excluding hydrogens is 278 g/mol. The van der Waals surface area contributed by atoms with Crippen LogP contribution in [-0.2, 0) is 0 Å². The number of pyridine rings is 1. The van der Waals surface area contributed by atoms with Crippen LogP contribution in [0.15, 0.2) is 72.9 Å². The molecule has 4 rings (SSSR count). The van der Waals surface area contributed by atoms with Gasteiger partial charge in [0.05, 0.1) is 5.69 Å². The summed E-state index contributed by atoms with van der Waals surface area (Å²) >= 11 is 0. The molecule has 0 spiro atoms. The predicted molar refractivity (Wildman–Crippen MR) is 98.8 cm³/mol. The second kappa shape index (κ2) is 5.51. The first kappa shape index (κ1) is 12.8. The highest BCUT2D eigenvalue weighted by Crippen LogP contribution is 2.29. The summed E-state index contributed by atoms with van der Waals surface area (Å²) in [4.78, 5) is 4.51. The van der Waals surface area contributed by atoms with Crippen molar-refractivity contribution in [3.8, 4) is 11.3 Å². The molecule has 0 aliphatic carbocycles. The summed E-state index contributed by atoms with van der Waals surface area (Å²) in [6.45, 7) is 3.80. The van der Waals surface area contributed by atoms with Crippen molar-refractivity contribution in [3.05, 3.63) is 78.5 Å². The molecule has 0 radical (unpaired) electrons. The summed E-state index contributed by atoms with van der Waals surface area (Å²) in [6, 6.07) is 23.2. The van der Waals surface area contributed by atoms with Crippen molar-refractivity contribution >= 4 is 21.5 Å². The third-order valence-electron chi connectivity index (χ3n) is 4.38. The Labute approximate surface area is 138 Å². The second-order valence-corrected chi connectivity index (χ2v) is 6.15. The van der Waals surface area contributed by atoms with E-state index in [-0.39, 0.29) is 0 Å². The smallest absolute Gasteiger partial charge is 0.0705 e. The molecule has 1 heterocycles. The summed E-state index contributed by atoms with van der Waals surface area (Å²) < 4.78 is 8.23. The first-order valence-corrected chi connectivity index (χ1v) is 7.91. The molecule has 0 aliphatic rings. The maximum Gasteiger partial charge on any atom is 0.0705 e. The van der Waals surface area contributed by atoms with Gasteiger partial charge < -0.3 is 0 Å². The Kier molecular flexibility index (Phi) is 3.07. The SMILES string of the molecule is [2H]C(C)(C)c1ccnc(-c2ccc3c(ccc4ccccc43)c2)c1. The quantitative estimate of drug-likeness (QED) is 0.403. The molecule has 1 nitrogen and oxygen atoms in total. The van der Waals surface area contributed by atoms with Crippen LogP contribution in [-0.4, -0.2) is 4.98 Å². The fourth-order valence-electron chi connectivity index (χ4n) is 3.07. The number of fused-ring (bicyclic) bond motifs is 3. The van der Waals surface area contributed by atoms with Crippen molar-refractivity contribution in [1.82, 2.24) is 4.98 Å². The van der Waals surface area contributed by atoms with Gasteiger partial charge in [-0.25, -0.2) is 0 Å². The Balaban J connectivity index is 1.88. The molecule has 0 unspecified atom stereocenters. The zero-order valence-electron chi connectivity index (χ0n) is 14.4. The topological polar surface area (TPSA) is 12.9 Å². The number of benzene rings is 3. The molecule has 0 aliphatic heterocycles. The molecule has 1 aromatic heterocycles. The molecule has 112 valence electrons. The van der Waals surface area contributed by atoms with Gasteiger partial charge in [0.25, 0.3) is 0 Å². The molecule has 0 saturated carbocycles.